The highest BCUT2D eigenvalue weighted by Gasteiger charge is 2.20. The molecule has 6 heteroatoms. The summed E-state index contributed by atoms with van der Waals surface area (Å²) >= 11 is 0. The summed E-state index contributed by atoms with van der Waals surface area (Å²) in [4.78, 5) is 13.0. The van der Waals surface area contributed by atoms with Gasteiger partial charge in [-0.25, -0.2) is 4.68 Å². The van der Waals surface area contributed by atoms with E-state index in [1.54, 1.807) is 10.9 Å². The van der Waals surface area contributed by atoms with Crippen molar-refractivity contribution in [2.45, 2.75) is 20.4 Å². The molecule has 32 heavy (non-hydrogen) atoms. The van der Waals surface area contributed by atoms with Crippen molar-refractivity contribution in [3.8, 4) is 5.69 Å². The highest BCUT2D eigenvalue weighted by molar-refractivity contribution is 6.05. The average molecular weight is 422 g/mol. The summed E-state index contributed by atoms with van der Waals surface area (Å²) in [5, 5.41) is 14.4. The van der Waals surface area contributed by atoms with Crippen LogP contribution in [0.25, 0.3) is 16.5 Å². The normalized spacial score (nSPS) is 11.1. The van der Waals surface area contributed by atoms with Gasteiger partial charge < -0.3 is 5.32 Å². The Labute approximate surface area is 186 Å². The zero-order valence-electron chi connectivity index (χ0n) is 18.0. The molecule has 5 rings (SSSR count). The summed E-state index contributed by atoms with van der Waals surface area (Å²) < 4.78 is 3.64. The monoisotopic (exact) mass is 421 g/mol. The molecule has 2 heterocycles. The number of para-hydroxylation sites is 1. The third kappa shape index (κ3) is 3.67. The Balaban J connectivity index is 1.36. The molecule has 0 spiro atoms. The van der Waals surface area contributed by atoms with Crippen LogP contribution in [0, 0.1) is 13.8 Å². The molecule has 0 bridgehead atoms. The third-order valence-corrected chi connectivity index (χ3v) is 5.62. The molecule has 2 aromatic heterocycles. The van der Waals surface area contributed by atoms with Gasteiger partial charge in [0.05, 0.1) is 41.1 Å². The van der Waals surface area contributed by atoms with E-state index in [0.29, 0.717) is 23.5 Å². The first-order valence-electron chi connectivity index (χ1n) is 10.5. The van der Waals surface area contributed by atoms with E-state index in [1.165, 1.54) is 16.3 Å². The van der Waals surface area contributed by atoms with Crippen molar-refractivity contribution < 1.29 is 4.79 Å². The molecule has 0 radical (unpaired) electrons. The fourth-order valence-electron chi connectivity index (χ4n) is 4.10. The van der Waals surface area contributed by atoms with Gasteiger partial charge in [-0.1, -0.05) is 60.7 Å². The number of nitrogens with zero attached hydrogens (tertiary/aromatic N) is 4. The van der Waals surface area contributed by atoms with Gasteiger partial charge in [-0.2, -0.15) is 10.2 Å². The Kier molecular flexibility index (Phi) is 5.03. The molecule has 0 atom stereocenters. The van der Waals surface area contributed by atoms with Crippen molar-refractivity contribution in [2.24, 2.45) is 0 Å². The van der Waals surface area contributed by atoms with E-state index in [2.05, 4.69) is 45.8 Å². The van der Waals surface area contributed by atoms with Crippen molar-refractivity contribution in [1.29, 1.82) is 0 Å². The molecule has 6 nitrogen and oxygen atoms in total. The number of aromatic nitrogens is 4. The first-order chi connectivity index (χ1) is 15.6. The fourth-order valence-corrected chi connectivity index (χ4v) is 4.10. The molecular formula is C26H23N5O. The fraction of sp³-hybridized carbons (Fsp3) is 0.115. The molecule has 5 aromatic rings. The van der Waals surface area contributed by atoms with Gasteiger partial charge in [-0.15, -0.1) is 0 Å². The van der Waals surface area contributed by atoms with E-state index in [9.17, 15) is 4.79 Å². The lowest BCUT2D eigenvalue weighted by Gasteiger charge is -2.07. The van der Waals surface area contributed by atoms with E-state index < -0.39 is 0 Å². The lowest BCUT2D eigenvalue weighted by molar-refractivity contribution is 0.102. The summed E-state index contributed by atoms with van der Waals surface area (Å²) in [6, 6.07) is 24.4. The van der Waals surface area contributed by atoms with Crippen LogP contribution < -0.4 is 5.32 Å². The maximum absolute atomic E-state index is 13.0. The zero-order chi connectivity index (χ0) is 22.1. The summed E-state index contributed by atoms with van der Waals surface area (Å²) in [6.07, 6.45) is 3.53. The maximum atomic E-state index is 13.0. The number of rotatable bonds is 5. The van der Waals surface area contributed by atoms with Crippen LogP contribution in [-0.4, -0.2) is 25.5 Å². The van der Waals surface area contributed by atoms with Crippen molar-refractivity contribution >= 4 is 22.4 Å². The molecule has 1 N–H and O–H groups in total. The average Bonchev–Trinajstić information content (AvgIpc) is 3.37. The molecular weight excluding hydrogens is 398 g/mol. The highest BCUT2D eigenvalue weighted by Crippen LogP contribution is 2.21. The van der Waals surface area contributed by atoms with Crippen LogP contribution in [0.15, 0.2) is 85.2 Å². The standard InChI is InChI=1S/C26H23N5O/c1-18-25(19(2)31(29-18)23-12-4-3-5-13-23)26(32)28-22-15-27-30(17-22)16-21-11-8-10-20-9-6-7-14-24(20)21/h3-15,17H,16H2,1-2H3,(H,28,32). The molecule has 0 aliphatic carbocycles. The summed E-state index contributed by atoms with van der Waals surface area (Å²) in [6.45, 7) is 4.39. The smallest absolute Gasteiger partial charge is 0.259 e. The Hall–Kier alpha value is -4.19. The molecule has 0 saturated carbocycles. The molecule has 3 aromatic carbocycles. The van der Waals surface area contributed by atoms with Crippen molar-refractivity contribution in [3.05, 3.63) is 108 Å². The van der Waals surface area contributed by atoms with Gasteiger partial charge >= 0.3 is 0 Å². The maximum Gasteiger partial charge on any atom is 0.259 e. The van der Waals surface area contributed by atoms with E-state index in [0.717, 1.165) is 11.4 Å². The second kappa shape index (κ2) is 8.15. The number of fused-ring (bicyclic) bond motifs is 1. The van der Waals surface area contributed by atoms with Crippen LogP contribution in [-0.2, 0) is 6.54 Å². The highest BCUT2D eigenvalue weighted by atomic mass is 16.1. The number of aryl methyl sites for hydroxylation is 1. The van der Waals surface area contributed by atoms with Gasteiger partial charge in [0.25, 0.3) is 5.91 Å². The lowest BCUT2D eigenvalue weighted by atomic mass is 10.0. The molecule has 0 unspecified atom stereocenters. The Morgan fingerprint density at radius 3 is 2.53 bits per heavy atom. The molecule has 158 valence electrons. The summed E-state index contributed by atoms with van der Waals surface area (Å²) in [7, 11) is 0. The van der Waals surface area contributed by atoms with E-state index in [4.69, 9.17) is 0 Å². The second-order valence-corrected chi connectivity index (χ2v) is 7.81. The number of benzene rings is 3. The minimum atomic E-state index is -0.188. The van der Waals surface area contributed by atoms with Crippen molar-refractivity contribution in [2.75, 3.05) is 5.32 Å². The number of amides is 1. The second-order valence-electron chi connectivity index (χ2n) is 7.81. The van der Waals surface area contributed by atoms with Gasteiger partial charge in [-0.05, 0) is 42.3 Å². The summed E-state index contributed by atoms with van der Waals surface area (Å²) in [5.41, 5.74) is 4.83. The largest absolute Gasteiger partial charge is 0.319 e. The van der Waals surface area contributed by atoms with Crippen LogP contribution in [0.5, 0.6) is 0 Å². The van der Waals surface area contributed by atoms with Crippen LogP contribution in [0.4, 0.5) is 5.69 Å². The van der Waals surface area contributed by atoms with E-state index in [1.807, 2.05) is 67.2 Å². The third-order valence-electron chi connectivity index (χ3n) is 5.62. The molecule has 1 amide bonds. The van der Waals surface area contributed by atoms with Crippen LogP contribution in [0.2, 0.25) is 0 Å². The van der Waals surface area contributed by atoms with Crippen molar-refractivity contribution in [1.82, 2.24) is 19.6 Å². The number of anilines is 1. The first-order valence-corrected chi connectivity index (χ1v) is 10.5. The van der Waals surface area contributed by atoms with E-state index >= 15 is 0 Å². The predicted octanol–water partition coefficient (Wildman–Crippen LogP) is 5.14. The Bertz CT molecular complexity index is 1410. The van der Waals surface area contributed by atoms with Crippen LogP contribution >= 0.6 is 0 Å². The molecule has 0 fully saturated rings. The van der Waals surface area contributed by atoms with Gasteiger partial charge in [0, 0.05) is 6.20 Å². The number of carbonyl (C=O) groups excluding carboxylic acids is 1. The SMILES string of the molecule is Cc1nn(-c2ccccc2)c(C)c1C(=O)Nc1cnn(Cc2cccc3ccccc23)c1. The van der Waals surface area contributed by atoms with Crippen LogP contribution in [0.1, 0.15) is 27.3 Å². The van der Waals surface area contributed by atoms with Gasteiger partial charge in [0.1, 0.15) is 0 Å². The summed E-state index contributed by atoms with van der Waals surface area (Å²) in [5.74, 6) is -0.188. The van der Waals surface area contributed by atoms with E-state index in [-0.39, 0.29) is 5.91 Å². The topological polar surface area (TPSA) is 64.7 Å². The Morgan fingerprint density at radius 1 is 0.938 bits per heavy atom. The quantitative estimate of drug-likeness (QED) is 0.427. The predicted molar refractivity (Wildman–Crippen MR) is 126 cm³/mol. The molecule has 0 saturated heterocycles. The molecule has 0 aliphatic rings. The molecule has 0 aliphatic heterocycles. The van der Waals surface area contributed by atoms with Gasteiger partial charge in [0.2, 0.25) is 0 Å². The lowest BCUT2D eigenvalue weighted by Crippen LogP contribution is -2.13. The minimum Gasteiger partial charge on any atom is -0.319 e. The van der Waals surface area contributed by atoms with Gasteiger partial charge in [0.15, 0.2) is 0 Å². The Morgan fingerprint density at radius 2 is 1.69 bits per heavy atom. The number of carbonyl (C=O) groups is 1. The first kappa shape index (κ1) is 19.8. The van der Waals surface area contributed by atoms with Crippen molar-refractivity contribution in [3.63, 3.8) is 0 Å². The zero-order valence-corrected chi connectivity index (χ0v) is 18.0. The van der Waals surface area contributed by atoms with Gasteiger partial charge in [-0.3, -0.25) is 9.48 Å². The van der Waals surface area contributed by atoms with Crippen LogP contribution in [0.3, 0.4) is 0 Å². The number of hydrogen-bond donors (Lipinski definition) is 1. The minimum absolute atomic E-state index is 0.188. The number of nitrogens with one attached hydrogen (secondary N) is 1. The number of hydrogen-bond acceptors (Lipinski definition) is 3.